The number of piperidine rings is 1. The Labute approximate surface area is 200 Å². The van der Waals surface area contributed by atoms with Crippen molar-refractivity contribution >= 4 is 34.1 Å². The number of halogens is 1. The van der Waals surface area contributed by atoms with Crippen LogP contribution in [-0.4, -0.2) is 60.8 Å². The highest BCUT2D eigenvalue weighted by molar-refractivity contribution is 6.32. The van der Waals surface area contributed by atoms with Gasteiger partial charge in [-0.1, -0.05) is 11.6 Å². The van der Waals surface area contributed by atoms with Gasteiger partial charge in [0, 0.05) is 41.3 Å². The predicted molar refractivity (Wildman–Crippen MR) is 129 cm³/mol. The van der Waals surface area contributed by atoms with E-state index in [1.807, 2.05) is 18.3 Å². The summed E-state index contributed by atoms with van der Waals surface area (Å²) in [6.07, 6.45) is 6.11. The number of hydrogen-bond acceptors (Lipinski definition) is 5. The summed E-state index contributed by atoms with van der Waals surface area (Å²) in [5, 5.41) is 5.95. The molecule has 176 valence electrons. The second-order valence-corrected chi connectivity index (χ2v) is 11.0. The molecule has 4 atom stereocenters. The van der Waals surface area contributed by atoms with E-state index in [0.29, 0.717) is 30.2 Å². The zero-order valence-electron chi connectivity index (χ0n) is 19.2. The SMILES string of the molecule is C[C@@]1(N2CCC(c3cc4cc(NC(=O)C5C6CCOCC65)ncc4cc3Cl)CC2)CCOC1. The van der Waals surface area contributed by atoms with Crippen LogP contribution in [0.2, 0.25) is 5.02 Å². The van der Waals surface area contributed by atoms with E-state index in [1.165, 1.54) is 5.56 Å². The van der Waals surface area contributed by atoms with Gasteiger partial charge >= 0.3 is 0 Å². The lowest BCUT2D eigenvalue weighted by Gasteiger charge is -2.42. The van der Waals surface area contributed by atoms with Crippen LogP contribution < -0.4 is 5.32 Å². The first-order valence-electron chi connectivity index (χ1n) is 12.3. The minimum atomic E-state index is 0.0723. The van der Waals surface area contributed by atoms with Gasteiger partial charge in [-0.15, -0.1) is 0 Å². The molecule has 1 aliphatic carbocycles. The summed E-state index contributed by atoms with van der Waals surface area (Å²) in [7, 11) is 0. The van der Waals surface area contributed by atoms with Gasteiger partial charge in [-0.2, -0.15) is 0 Å². The zero-order valence-corrected chi connectivity index (χ0v) is 19.9. The first kappa shape index (κ1) is 21.8. The van der Waals surface area contributed by atoms with Crippen molar-refractivity contribution in [3.8, 4) is 0 Å². The molecule has 2 aromatic rings. The summed E-state index contributed by atoms with van der Waals surface area (Å²) < 4.78 is 11.2. The lowest BCUT2D eigenvalue weighted by molar-refractivity contribution is -0.117. The van der Waals surface area contributed by atoms with E-state index in [9.17, 15) is 4.79 Å². The number of likely N-dealkylation sites (tertiary alicyclic amines) is 1. The van der Waals surface area contributed by atoms with Gasteiger partial charge in [0.15, 0.2) is 0 Å². The summed E-state index contributed by atoms with van der Waals surface area (Å²) in [5.74, 6) is 2.08. The molecule has 3 aliphatic heterocycles. The molecule has 1 saturated carbocycles. The number of pyridine rings is 1. The van der Waals surface area contributed by atoms with Crippen LogP contribution in [0.25, 0.3) is 10.8 Å². The molecule has 1 amide bonds. The lowest BCUT2D eigenvalue weighted by atomic mass is 9.86. The molecular formula is C26H32ClN3O3. The Hall–Kier alpha value is -1.73. The molecule has 1 N–H and O–H groups in total. The first-order valence-corrected chi connectivity index (χ1v) is 12.7. The molecular weight excluding hydrogens is 438 g/mol. The Morgan fingerprint density at radius 1 is 1.12 bits per heavy atom. The van der Waals surface area contributed by atoms with E-state index in [1.54, 1.807) is 0 Å². The van der Waals surface area contributed by atoms with Gasteiger partial charge < -0.3 is 14.8 Å². The number of benzene rings is 1. The number of amides is 1. The van der Waals surface area contributed by atoms with Gasteiger partial charge in [-0.25, -0.2) is 4.98 Å². The molecule has 4 fully saturated rings. The molecule has 1 aromatic heterocycles. The molecule has 6 nitrogen and oxygen atoms in total. The number of ether oxygens (including phenoxy) is 2. The van der Waals surface area contributed by atoms with E-state index in [0.717, 1.165) is 74.4 Å². The highest BCUT2D eigenvalue weighted by Crippen LogP contribution is 2.51. The molecule has 6 rings (SSSR count). The second kappa shape index (κ2) is 8.49. The molecule has 0 spiro atoms. The van der Waals surface area contributed by atoms with Gasteiger partial charge in [0.1, 0.15) is 5.82 Å². The smallest absolute Gasteiger partial charge is 0.229 e. The van der Waals surface area contributed by atoms with Crippen LogP contribution in [0.3, 0.4) is 0 Å². The molecule has 4 heterocycles. The monoisotopic (exact) mass is 469 g/mol. The molecule has 1 aromatic carbocycles. The fourth-order valence-electron chi connectivity index (χ4n) is 6.30. The predicted octanol–water partition coefficient (Wildman–Crippen LogP) is 4.47. The molecule has 3 unspecified atom stereocenters. The average Bonchev–Trinajstić information content (AvgIpc) is 3.40. The van der Waals surface area contributed by atoms with Crippen molar-refractivity contribution in [1.82, 2.24) is 9.88 Å². The number of aromatic nitrogens is 1. The Morgan fingerprint density at radius 2 is 1.97 bits per heavy atom. The van der Waals surface area contributed by atoms with Crippen molar-refractivity contribution in [3.63, 3.8) is 0 Å². The van der Waals surface area contributed by atoms with Gasteiger partial charge in [-0.05, 0) is 92.6 Å². The first-order chi connectivity index (χ1) is 16.0. The van der Waals surface area contributed by atoms with E-state index in [2.05, 4.69) is 28.2 Å². The number of carbonyl (C=O) groups excluding carboxylic acids is 1. The highest BCUT2D eigenvalue weighted by atomic mass is 35.5. The van der Waals surface area contributed by atoms with Crippen LogP contribution in [-0.2, 0) is 14.3 Å². The molecule has 33 heavy (non-hydrogen) atoms. The van der Waals surface area contributed by atoms with Crippen molar-refractivity contribution < 1.29 is 14.3 Å². The van der Waals surface area contributed by atoms with Crippen molar-refractivity contribution in [2.24, 2.45) is 17.8 Å². The summed E-state index contributed by atoms with van der Waals surface area (Å²) in [5.41, 5.74) is 1.40. The Balaban J connectivity index is 1.17. The van der Waals surface area contributed by atoms with Gasteiger partial charge in [0.05, 0.1) is 13.2 Å². The van der Waals surface area contributed by atoms with E-state index in [4.69, 9.17) is 21.1 Å². The third-order valence-corrected chi connectivity index (χ3v) is 8.85. The highest BCUT2D eigenvalue weighted by Gasteiger charge is 2.55. The Kier molecular flexibility index (Phi) is 5.60. The van der Waals surface area contributed by atoms with Crippen molar-refractivity contribution in [2.75, 3.05) is 44.8 Å². The van der Waals surface area contributed by atoms with Crippen LogP contribution in [0.15, 0.2) is 24.4 Å². The summed E-state index contributed by atoms with van der Waals surface area (Å²) in [6.45, 7) is 7.67. The van der Waals surface area contributed by atoms with Crippen molar-refractivity contribution in [3.05, 3.63) is 35.0 Å². The number of rotatable bonds is 4. The fraction of sp³-hybridized carbons (Fsp3) is 0.615. The quantitative estimate of drug-likeness (QED) is 0.715. The maximum atomic E-state index is 12.8. The van der Waals surface area contributed by atoms with Gasteiger partial charge in [0.2, 0.25) is 5.91 Å². The van der Waals surface area contributed by atoms with Crippen LogP contribution in [0.4, 0.5) is 5.82 Å². The summed E-state index contributed by atoms with van der Waals surface area (Å²) >= 11 is 6.73. The van der Waals surface area contributed by atoms with Gasteiger partial charge in [-0.3, -0.25) is 9.69 Å². The zero-order chi connectivity index (χ0) is 22.6. The fourth-order valence-corrected chi connectivity index (χ4v) is 6.63. The van der Waals surface area contributed by atoms with E-state index in [-0.39, 0.29) is 17.4 Å². The van der Waals surface area contributed by atoms with E-state index >= 15 is 0 Å². The third kappa shape index (κ3) is 4.05. The summed E-state index contributed by atoms with van der Waals surface area (Å²) in [4.78, 5) is 19.8. The Bertz CT molecular complexity index is 1050. The maximum absolute atomic E-state index is 12.8. The lowest BCUT2D eigenvalue weighted by Crippen LogP contribution is -2.50. The van der Waals surface area contributed by atoms with Gasteiger partial charge in [0.25, 0.3) is 0 Å². The van der Waals surface area contributed by atoms with Crippen LogP contribution in [0.1, 0.15) is 44.1 Å². The maximum Gasteiger partial charge on any atom is 0.229 e. The molecule has 3 saturated heterocycles. The number of anilines is 1. The molecule has 0 radical (unpaired) electrons. The number of nitrogens with one attached hydrogen (secondary N) is 1. The molecule has 0 bridgehead atoms. The minimum absolute atomic E-state index is 0.0723. The standard InChI is InChI=1S/C26H32ClN3O3/c1-26(5-9-33-15-26)30-6-2-16(3-7-30)20-10-17-12-23(28-13-18(17)11-22(20)27)29-25(31)24-19-4-8-32-14-21(19)24/h10-13,16,19,21,24H,2-9,14-15H2,1H3,(H,28,29,31)/t19?,21?,24?,26-/m1/s1. The van der Waals surface area contributed by atoms with Crippen LogP contribution in [0, 0.1) is 17.8 Å². The number of hydrogen-bond donors (Lipinski definition) is 1. The minimum Gasteiger partial charge on any atom is -0.381 e. The number of fused-ring (bicyclic) bond motifs is 2. The third-order valence-electron chi connectivity index (χ3n) is 8.52. The Morgan fingerprint density at radius 3 is 2.70 bits per heavy atom. The van der Waals surface area contributed by atoms with E-state index < -0.39 is 0 Å². The number of nitrogens with zero attached hydrogens (tertiary/aromatic N) is 2. The van der Waals surface area contributed by atoms with Crippen LogP contribution >= 0.6 is 11.6 Å². The average molecular weight is 470 g/mol. The normalized spacial score (nSPS) is 32.6. The number of carbonyl (C=O) groups is 1. The van der Waals surface area contributed by atoms with Crippen LogP contribution in [0.5, 0.6) is 0 Å². The largest absolute Gasteiger partial charge is 0.381 e. The topological polar surface area (TPSA) is 63.7 Å². The molecule has 4 aliphatic rings. The second-order valence-electron chi connectivity index (χ2n) is 10.6. The molecule has 7 heteroatoms. The van der Waals surface area contributed by atoms with Crippen molar-refractivity contribution in [1.29, 1.82) is 0 Å². The summed E-state index contributed by atoms with van der Waals surface area (Å²) in [6, 6.07) is 6.22. The van der Waals surface area contributed by atoms with Crippen molar-refractivity contribution in [2.45, 2.75) is 44.1 Å².